The Morgan fingerprint density at radius 3 is 2.62 bits per heavy atom. The van der Waals surface area contributed by atoms with E-state index in [1.165, 1.54) is 11.1 Å². The molecule has 0 aromatic heterocycles. The van der Waals surface area contributed by atoms with E-state index in [2.05, 4.69) is 46.6 Å². The molecule has 0 amide bonds. The second kappa shape index (κ2) is 11.1. The number of hydrogen-bond donors (Lipinski definition) is 1. The summed E-state index contributed by atoms with van der Waals surface area (Å²) in [4.78, 5) is 2.45. The van der Waals surface area contributed by atoms with Crippen LogP contribution in [-0.4, -0.2) is 51.3 Å². The molecule has 0 spiro atoms. The van der Waals surface area contributed by atoms with E-state index in [4.69, 9.17) is 9.47 Å². The summed E-state index contributed by atoms with van der Waals surface area (Å²) < 4.78 is 11.4. The van der Waals surface area contributed by atoms with Crippen molar-refractivity contribution in [1.29, 1.82) is 0 Å². The predicted molar refractivity (Wildman–Crippen MR) is 109 cm³/mol. The quantitative estimate of drug-likeness (QED) is 0.767. The highest BCUT2D eigenvalue weighted by Gasteiger charge is 2.10. The number of nitrogens with zero attached hydrogens (tertiary/aromatic N) is 1. The van der Waals surface area contributed by atoms with Crippen molar-refractivity contribution in [3.05, 3.63) is 59.7 Å². The molecule has 0 atom stereocenters. The molecule has 1 saturated heterocycles. The third kappa shape index (κ3) is 6.20. The summed E-state index contributed by atoms with van der Waals surface area (Å²) in [6.45, 7) is 6.12. The Kier molecular flexibility index (Phi) is 8.75. The number of para-hydroxylation sites is 1. The zero-order valence-electron chi connectivity index (χ0n) is 15.4. The van der Waals surface area contributed by atoms with E-state index in [9.17, 15) is 0 Å². The maximum atomic E-state index is 6.09. The first kappa shape index (κ1) is 20.6. The van der Waals surface area contributed by atoms with Crippen molar-refractivity contribution in [3.8, 4) is 11.5 Å². The molecule has 4 nitrogen and oxygen atoms in total. The largest absolute Gasteiger partial charge is 0.497 e. The average molecular weight is 377 g/mol. The van der Waals surface area contributed by atoms with Gasteiger partial charge in [-0.05, 0) is 42.2 Å². The molecule has 0 aliphatic carbocycles. The molecule has 142 valence electrons. The summed E-state index contributed by atoms with van der Waals surface area (Å²) in [6, 6.07) is 16.7. The first-order chi connectivity index (χ1) is 12.3. The van der Waals surface area contributed by atoms with Crippen LogP contribution in [0.3, 0.4) is 0 Å². The molecular formula is C21H29ClN2O2. The van der Waals surface area contributed by atoms with Gasteiger partial charge in [0.05, 0.1) is 7.11 Å². The summed E-state index contributed by atoms with van der Waals surface area (Å²) in [6.07, 6.45) is 1.95. The Balaban J connectivity index is 0.00000243. The number of piperazine rings is 1. The number of rotatable bonds is 8. The summed E-state index contributed by atoms with van der Waals surface area (Å²) >= 11 is 0. The third-order valence-electron chi connectivity index (χ3n) is 4.66. The molecule has 0 saturated carbocycles. The van der Waals surface area contributed by atoms with Crippen molar-refractivity contribution in [1.82, 2.24) is 10.2 Å². The van der Waals surface area contributed by atoms with Gasteiger partial charge in [0.2, 0.25) is 0 Å². The van der Waals surface area contributed by atoms with Gasteiger partial charge < -0.3 is 14.8 Å². The van der Waals surface area contributed by atoms with E-state index in [0.29, 0.717) is 0 Å². The molecule has 2 aromatic carbocycles. The molecule has 1 aliphatic heterocycles. The van der Waals surface area contributed by atoms with E-state index >= 15 is 0 Å². The van der Waals surface area contributed by atoms with E-state index in [1.807, 2.05) is 12.1 Å². The molecule has 0 bridgehead atoms. The summed E-state index contributed by atoms with van der Waals surface area (Å²) in [5.41, 5.74) is 2.56. The van der Waals surface area contributed by atoms with Gasteiger partial charge in [-0.3, -0.25) is 4.90 Å². The van der Waals surface area contributed by atoms with Crippen LogP contribution in [0, 0.1) is 0 Å². The number of hydrogen-bond acceptors (Lipinski definition) is 4. The average Bonchev–Trinajstić information content (AvgIpc) is 2.68. The van der Waals surface area contributed by atoms with Gasteiger partial charge in [-0.25, -0.2) is 0 Å². The number of halogens is 1. The number of methoxy groups -OCH3 is 1. The zero-order chi connectivity index (χ0) is 17.3. The molecule has 3 rings (SSSR count). The first-order valence-electron chi connectivity index (χ1n) is 9.12. The minimum atomic E-state index is 0. The van der Waals surface area contributed by atoms with Crippen LogP contribution < -0.4 is 14.8 Å². The Morgan fingerprint density at radius 2 is 1.81 bits per heavy atom. The van der Waals surface area contributed by atoms with Gasteiger partial charge in [0.15, 0.2) is 0 Å². The van der Waals surface area contributed by atoms with Crippen molar-refractivity contribution in [2.75, 3.05) is 46.4 Å². The lowest BCUT2D eigenvalue weighted by Gasteiger charge is -2.27. The van der Waals surface area contributed by atoms with Crippen LogP contribution >= 0.6 is 12.4 Å². The van der Waals surface area contributed by atoms with Gasteiger partial charge in [0.1, 0.15) is 18.1 Å². The van der Waals surface area contributed by atoms with E-state index in [0.717, 1.165) is 63.7 Å². The minimum absolute atomic E-state index is 0. The van der Waals surface area contributed by atoms with Crippen molar-refractivity contribution in [3.63, 3.8) is 0 Å². The lowest BCUT2D eigenvalue weighted by molar-refractivity contribution is 0.190. The zero-order valence-corrected chi connectivity index (χ0v) is 16.3. The van der Waals surface area contributed by atoms with Gasteiger partial charge >= 0.3 is 0 Å². The Hall–Kier alpha value is -1.75. The lowest BCUT2D eigenvalue weighted by atomic mass is 10.0. The van der Waals surface area contributed by atoms with Gasteiger partial charge in [-0.15, -0.1) is 12.4 Å². The number of aryl methyl sites for hydroxylation is 2. The highest BCUT2D eigenvalue weighted by Crippen LogP contribution is 2.21. The standard InChI is InChI=1S/C21H28N2O2.ClH/c1-24-20-7-4-5-18(17-20)9-10-19-6-2-3-8-21(19)25-16-15-23-13-11-22-12-14-23;/h2-8,17,22H,9-16H2,1H3;1H. The maximum Gasteiger partial charge on any atom is 0.122 e. The highest BCUT2D eigenvalue weighted by atomic mass is 35.5. The van der Waals surface area contributed by atoms with E-state index < -0.39 is 0 Å². The molecule has 1 N–H and O–H groups in total. The van der Waals surface area contributed by atoms with E-state index in [1.54, 1.807) is 7.11 Å². The lowest BCUT2D eigenvalue weighted by Crippen LogP contribution is -2.44. The second-order valence-corrected chi connectivity index (χ2v) is 6.40. The highest BCUT2D eigenvalue weighted by molar-refractivity contribution is 5.85. The Morgan fingerprint density at radius 1 is 1.00 bits per heavy atom. The molecule has 5 heteroatoms. The van der Waals surface area contributed by atoms with Crippen molar-refractivity contribution < 1.29 is 9.47 Å². The Labute approximate surface area is 162 Å². The van der Waals surface area contributed by atoms with Crippen molar-refractivity contribution in [2.24, 2.45) is 0 Å². The number of nitrogens with one attached hydrogen (secondary N) is 1. The molecule has 1 heterocycles. The van der Waals surface area contributed by atoms with Crippen LogP contribution in [0.2, 0.25) is 0 Å². The number of ether oxygens (including phenoxy) is 2. The van der Waals surface area contributed by atoms with E-state index in [-0.39, 0.29) is 12.4 Å². The summed E-state index contributed by atoms with van der Waals surface area (Å²) in [7, 11) is 1.71. The molecule has 0 radical (unpaired) electrons. The van der Waals surface area contributed by atoms with Crippen LogP contribution in [0.5, 0.6) is 11.5 Å². The normalized spacial score (nSPS) is 14.5. The van der Waals surface area contributed by atoms with Crippen LogP contribution in [0.1, 0.15) is 11.1 Å². The second-order valence-electron chi connectivity index (χ2n) is 6.40. The minimum Gasteiger partial charge on any atom is -0.497 e. The third-order valence-corrected chi connectivity index (χ3v) is 4.66. The molecule has 26 heavy (non-hydrogen) atoms. The van der Waals surface area contributed by atoms with Gasteiger partial charge in [-0.2, -0.15) is 0 Å². The predicted octanol–water partition coefficient (Wildman–Crippen LogP) is 3.19. The monoisotopic (exact) mass is 376 g/mol. The van der Waals surface area contributed by atoms with Gasteiger partial charge in [0, 0.05) is 32.7 Å². The van der Waals surface area contributed by atoms with Crippen LogP contribution in [0.4, 0.5) is 0 Å². The fourth-order valence-electron chi connectivity index (χ4n) is 3.18. The molecule has 2 aromatic rings. The van der Waals surface area contributed by atoms with Crippen molar-refractivity contribution >= 4 is 12.4 Å². The molecule has 1 fully saturated rings. The fraction of sp³-hybridized carbons (Fsp3) is 0.429. The van der Waals surface area contributed by atoms with Crippen LogP contribution in [0.25, 0.3) is 0 Å². The first-order valence-corrected chi connectivity index (χ1v) is 9.12. The number of benzene rings is 2. The summed E-state index contributed by atoms with van der Waals surface area (Å²) in [5.74, 6) is 1.93. The molecule has 0 unspecified atom stereocenters. The van der Waals surface area contributed by atoms with Gasteiger partial charge in [-0.1, -0.05) is 30.3 Å². The smallest absolute Gasteiger partial charge is 0.122 e. The van der Waals surface area contributed by atoms with Crippen LogP contribution in [-0.2, 0) is 12.8 Å². The summed E-state index contributed by atoms with van der Waals surface area (Å²) in [5, 5.41) is 3.38. The topological polar surface area (TPSA) is 33.7 Å². The molecule has 1 aliphatic rings. The fourth-order valence-corrected chi connectivity index (χ4v) is 3.18. The van der Waals surface area contributed by atoms with Crippen molar-refractivity contribution in [2.45, 2.75) is 12.8 Å². The molecular weight excluding hydrogens is 348 g/mol. The Bertz CT molecular complexity index is 660. The maximum absolute atomic E-state index is 6.09. The van der Waals surface area contributed by atoms with Gasteiger partial charge in [0.25, 0.3) is 0 Å². The van der Waals surface area contributed by atoms with Crippen LogP contribution in [0.15, 0.2) is 48.5 Å². The SMILES string of the molecule is COc1cccc(CCc2ccccc2OCCN2CCNCC2)c1.Cl.